The highest BCUT2D eigenvalue weighted by molar-refractivity contribution is 5.82. The van der Waals surface area contributed by atoms with E-state index in [1.807, 2.05) is 0 Å². The molecule has 1 atom stereocenters. The van der Waals surface area contributed by atoms with Crippen molar-refractivity contribution in [1.29, 1.82) is 0 Å². The Hall–Kier alpha value is -1.29. The monoisotopic (exact) mass is 183 g/mol. The number of ether oxygens (including phenoxy) is 2. The predicted molar refractivity (Wildman–Crippen MR) is 47.8 cm³/mol. The van der Waals surface area contributed by atoms with Crippen LogP contribution in [0.2, 0.25) is 0 Å². The lowest BCUT2D eigenvalue weighted by atomic mass is 9.94. The lowest BCUT2D eigenvalue weighted by Gasteiger charge is -2.27. The van der Waals surface area contributed by atoms with Crippen LogP contribution in [0.25, 0.3) is 0 Å². The molecule has 0 fully saturated rings. The molecule has 0 spiro atoms. The first-order valence-electron chi connectivity index (χ1n) is 3.93. The van der Waals surface area contributed by atoms with Gasteiger partial charge in [-0.2, -0.15) is 0 Å². The summed E-state index contributed by atoms with van der Waals surface area (Å²) in [7, 11) is 2.80. The van der Waals surface area contributed by atoms with E-state index in [0.717, 1.165) is 0 Å². The summed E-state index contributed by atoms with van der Waals surface area (Å²) >= 11 is 0. The van der Waals surface area contributed by atoms with Gasteiger partial charge in [-0.05, 0) is 12.2 Å². The average molecular weight is 183 g/mol. The molecular weight excluding hydrogens is 170 g/mol. The lowest BCUT2D eigenvalue weighted by molar-refractivity contribution is -0.160. The molecule has 4 nitrogen and oxygen atoms in total. The molecule has 1 aliphatic carbocycles. The SMILES string of the molecule is COC(=O)C1(OC)C=CC(N)=CC1. The van der Waals surface area contributed by atoms with Gasteiger partial charge in [-0.3, -0.25) is 0 Å². The molecule has 13 heavy (non-hydrogen) atoms. The second kappa shape index (κ2) is 3.62. The van der Waals surface area contributed by atoms with Crippen molar-refractivity contribution >= 4 is 5.97 Å². The highest BCUT2D eigenvalue weighted by Crippen LogP contribution is 2.24. The van der Waals surface area contributed by atoms with Crippen LogP contribution in [0, 0.1) is 0 Å². The Morgan fingerprint density at radius 1 is 1.62 bits per heavy atom. The van der Waals surface area contributed by atoms with Gasteiger partial charge in [0.1, 0.15) is 0 Å². The van der Waals surface area contributed by atoms with Crippen molar-refractivity contribution in [3.05, 3.63) is 23.9 Å². The van der Waals surface area contributed by atoms with Crippen molar-refractivity contribution < 1.29 is 14.3 Å². The summed E-state index contributed by atoms with van der Waals surface area (Å²) in [4.78, 5) is 11.4. The molecule has 0 aromatic carbocycles. The molecule has 1 aliphatic rings. The second-order valence-corrected chi connectivity index (χ2v) is 2.83. The molecule has 0 aromatic heterocycles. The van der Waals surface area contributed by atoms with E-state index in [1.165, 1.54) is 14.2 Å². The summed E-state index contributed by atoms with van der Waals surface area (Å²) in [5, 5.41) is 0. The number of esters is 1. The van der Waals surface area contributed by atoms with Crippen LogP contribution in [0.1, 0.15) is 6.42 Å². The van der Waals surface area contributed by atoms with Gasteiger partial charge in [-0.15, -0.1) is 0 Å². The molecule has 0 saturated heterocycles. The van der Waals surface area contributed by atoms with E-state index < -0.39 is 11.6 Å². The quantitative estimate of drug-likeness (QED) is 0.627. The van der Waals surface area contributed by atoms with Crippen molar-refractivity contribution in [2.75, 3.05) is 14.2 Å². The number of nitrogens with two attached hydrogens (primary N) is 1. The first-order chi connectivity index (χ1) is 6.14. The van der Waals surface area contributed by atoms with E-state index in [2.05, 4.69) is 4.74 Å². The van der Waals surface area contributed by atoms with Crippen LogP contribution in [-0.4, -0.2) is 25.8 Å². The van der Waals surface area contributed by atoms with E-state index >= 15 is 0 Å². The number of hydrogen-bond acceptors (Lipinski definition) is 4. The summed E-state index contributed by atoms with van der Waals surface area (Å²) in [5.41, 5.74) is 5.17. The minimum Gasteiger partial charge on any atom is -0.467 e. The number of rotatable bonds is 2. The minimum absolute atomic E-state index is 0.407. The summed E-state index contributed by atoms with van der Waals surface area (Å²) in [6.07, 6.45) is 5.41. The third kappa shape index (κ3) is 1.72. The smallest absolute Gasteiger partial charge is 0.342 e. The third-order valence-electron chi connectivity index (χ3n) is 2.08. The average Bonchev–Trinajstić information content (AvgIpc) is 2.18. The maximum absolute atomic E-state index is 11.4. The Bertz CT molecular complexity index is 270. The molecule has 0 heterocycles. The number of carbonyl (C=O) groups is 1. The first kappa shape index (κ1) is 9.80. The fourth-order valence-electron chi connectivity index (χ4n) is 1.20. The van der Waals surface area contributed by atoms with Crippen molar-refractivity contribution in [3.8, 4) is 0 Å². The Morgan fingerprint density at radius 2 is 2.31 bits per heavy atom. The Kier molecular flexibility index (Phi) is 2.72. The van der Waals surface area contributed by atoms with E-state index in [-0.39, 0.29) is 0 Å². The van der Waals surface area contributed by atoms with Gasteiger partial charge in [0.05, 0.1) is 7.11 Å². The molecule has 72 valence electrons. The lowest BCUT2D eigenvalue weighted by Crippen LogP contribution is -2.40. The zero-order valence-corrected chi connectivity index (χ0v) is 7.74. The maximum atomic E-state index is 11.4. The summed E-state index contributed by atoms with van der Waals surface area (Å²) in [5.74, 6) is -0.407. The normalized spacial score (nSPS) is 26.8. The van der Waals surface area contributed by atoms with Crippen LogP contribution in [-0.2, 0) is 14.3 Å². The molecule has 0 aromatic rings. The number of methoxy groups -OCH3 is 2. The van der Waals surface area contributed by atoms with E-state index in [1.54, 1.807) is 18.2 Å². The van der Waals surface area contributed by atoms with Crippen LogP contribution in [0.3, 0.4) is 0 Å². The summed E-state index contributed by atoms with van der Waals surface area (Å²) < 4.78 is 9.75. The Balaban J connectivity index is 2.86. The largest absolute Gasteiger partial charge is 0.467 e. The van der Waals surface area contributed by atoms with Crippen molar-refractivity contribution in [1.82, 2.24) is 0 Å². The fourth-order valence-corrected chi connectivity index (χ4v) is 1.20. The molecule has 0 radical (unpaired) electrons. The van der Waals surface area contributed by atoms with Gasteiger partial charge in [-0.1, -0.05) is 6.08 Å². The minimum atomic E-state index is -0.988. The molecule has 0 amide bonds. The van der Waals surface area contributed by atoms with Gasteiger partial charge in [-0.25, -0.2) is 4.79 Å². The van der Waals surface area contributed by atoms with E-state index in [9.17, 15) is 4.79 Å². The first-order valence-corrected chi connectivity index (χ1v) is 3.93. The maximum Gasteiger partial charge on any atom is 0.342 e. The van der Waals surface area contributed by atoms with Crippen LogP contribution < -0.4 is 5.73 Å². The molecule has 2 N–H and O–H groups in total. The molecule has 4 heteroatoms. The van der Waals surface area contributed by atoms with Crippen molar-refractivity contribution in [2.45, 2.75) is 12.0 Å². The molecule has 1 unspecified atom stereocenters. The molecule has 0 bridgehead atoms. The van der Waals surface area contributed by atoms with Crippen LogP contribution >= 0.6 is 0 Å². The Labute approximate surface area is 77.0 Å². The fraction of sp³-hybridized carbons (Fsp3) is 0.444. The van der Waals surface area contributed by atoms with E-state index in [0.29, 0.717) is 12.1 Å². The third-order valence-corrected chi connectivity index (χ3v) is 2.08. The number of carbonyl (C=O) groups excluding carboxylic acids is 1. The van der Waals surface area contributed by atoms with Gasteiger partial charge in [0, 0.05) is 19.2 Å². The van der Waals surface area contributed by atoms with Gasteiger partial charge >= 0.3 is 5.97 Å². The molecule has 0 saturated carbocycles. The zero-order chi connectivity index (χ0) is 9.90. The van der Waals surface area contributed by atoms with Crippen LogP contribution in [0.4, 0.5) is 0 Å². The molecule has 0 aliphatic heterocycles. The summed E-state index contributed by atoms with van der Waals surface area (Å²) in [6.45, 7) is 0. The number of allylic oxidation sites excluding steroid dienone is 1. The standard InChI is InChI=1S/C9H13NO3/c1-12-8(11)9(13-2)5-3-7(10)4-6-9/h3-5H,6,10H2,1-2H3. The van der Waals surface area contributed by atoms with Gasteiger partial charge in [0.25, 0.3) is 0 Å². The van der Waals surface area contributed by atoms with Crippen molar-refractivity contribution in [3.63, 3.8) is 0 Å². The van der Waals surface area contributed by atoms with E-state index in [4.69, 9.17) is 10.5 Å². The van der Waals surface area contributed by atoms with Gasteiger partial charge in [0.2, 0.25) is 0 Å². The number of hydrogen-bond donors (Lipinski definition) is 1. The van der Waals surface area contributed by atoms with Gasteiger partial charge < -0.3 is 15.2 Å². The summed E-state index contributed by atoms with van der Waals surface area (Å²) in [6, 6.07) is 0. The van der Waals surface area contributed by atoms with Crippen LogP contribution in [0.15, 0.2) is 23.9 Å². The second-order valence-electron chi connectivity index (χ2n) is 2.83. The van der Waals surface area contributed by atoms with Gasteiger partial charge in [0.15, 0.2) is 5.60 Å². The van der Waals surface area contributed by atoms with Crippen LogP contribution in [0.5, 0.6) is 0 Å². The predicted octanol–water partition coefficient (Wildman–Crippen LogP) is 0.347. The zero-order valence-electron chi connectivity index (χ0n) is 7.74. The highest BCUT2D eigenvalue weighted by Gasteiger charge is 2.37. The molecule has 1 rings (SSSR count). The van der Waals surface area contributed by atoms with Crippen molar-refractivity contribution in [2.24, 2.45) is 5.73 Å². The Morgan fingerprint density at radius 3 is 2.69 bits per heavy atom. The topological polar surface area (TPSA) is 61.5 Å². The highest BCUT2D eigenvalue weighted by atomic mass is 16.6. The molecular formula is C9H13NO3.